The zero-order valence-electron chi connectivity index (χ0n) is 14.9. The fourth-order valence-corrected chi connectivity index (χ4v) is 4.15. The monoisotopic (exact) mass is 424 g/mol. The van der Waals surface area contributed by atoms with Crippen LogP contribution in [0.5, 0.6) is 0 Å². The van der Waals surface area contributed by atoms with E-state index in [-0.39, 0.29) is 12.0 Å². The zero-order chi connectivity index (χ0) is 18.8. The van der Waals surface area contributed by atoms with Gasteiger partial charge in [0.2, 0.25) is 0 Å². The highest BCUT2D eigenvalue weighted by Crippen LogP contribution is 2.33. The lowest BCUT2D eigenvalue weighted by atomic mass is 9.93. The normalized spacial score (nSPS) is 19.1. The average molecular weight is 425 g/mol. The van der Waals surface area contributed by atoms with E-state index in [9.17, 15) is 9.90 Å². The van der Waals surface area contributed by atoms with E-state index >= 15 is 0 Å². The molecule has 1 N–H and O–H groups in total. The minimum Gasteiger partial charge on any atom is -0.481 e. The highest BCUT2D eigenvalue weighted by atomic mass is 79.9. The van der Waals surface area contributed by atoms with E-state index in [1.165, 1.54) is 0 Å². The van der Waals surface area contributed by atoms with Gasteiger partial charge in [-0.05, 0) is 49.2 Å². The van der Waals surface area contributed by atoms with Gasteiger partial charge in [0.05, 0.1) is 23.2 Å². The zero-order valence-corrected chi connectivity index (χ0v) is 16.5. The molecule has 0 spiro atoms. The van der Waals surface area contributed by atoms with Gasteiger partial charge in [-0.1, -0.05) is 52.3 Å². The molecule has 4 nitrogen and oxygen atoms in total. The number of para-hydroxylation sites is 1. The summed E-state index contributed by atoms with van der Waals surface area (Å²) in [6.45, 7) is 1.42. The number of rotatable bonds is 4. The molecule has 4 rings (SSSR count). The molecule has 2 unspecified atom stereocenters. The van der Waals surface area contributed by atoms with Crippen molar-refractivity contribution in [3.8, 4) is 0 Å². The van der Waals surface area contributed by atoms with E-state index in [1.54, 1.807) is 0 Å². The van der Waals surface area contributed by atoms with Crippen LogP contribution in [0.2, 0.25) is 0 Å². The first-order chi connectivity index (χ1) is 13.1. The summed E-state index contributed by atoms with van der Waals surface area (Å²) in [7, 11) is 0. The topological polar surface area (TPSA) is 53.4 Å². The van der Waals surface area contributed by atoms with Crippen LogP contribution in [0.4, 0.5) is 0 Å². The Balaban J connectivity index is 1.77. The van der Waals surface area contributed by atoms with Crippen LogP contribution >= 0.6 is 15.9 Å². The molecular formula is C22H21BrN2O2. The molecule has 1 aliphatic heterocycles. The van der Waals surface area contributed by atoms with Gasteiger partial charge >= 0.3 is 5.97 Å². The van der Waals surface area contributed by atoms with Gasteiger partial charge in [-0.2, -0.15) is 0 Å². The third-order valence-electron chi connectivity index (χ3n) is 5.25. The number of carbonyl (C=O) groups is 1. The van der Waals surface area contributed by atoms with E-state index in [0.29, 0.717) is 6.54 Å². The first-order valence-corrected chi connectivity index (χ1v) is 9.99. The number of pyridine rings is 1. The van der Waals surface area contributed by atoms with Crippen LogP contribution in [-0.2, 0) is 4.79 Å². The summed E-state index contributed by atoms with van der Waals surface area (Å²) in [4.78, 5) is 18.8. The third-order valence-corrected chi connectivity index (χ3v) is 5.78. The van der Waals surface area contributed by atoms with Gasteiger partial charge in [0.25, 0.3) is 0 Å². The number of aliphatic carboxylic acids is 1. The second-order valence-corrected chi connectivity index (χ2v) is 7.97. The predicted octanol–water partition coefficient (Wildman–Crippen LogP) is 4.88. The van der Waals surface area contributed by atoms with Crippen LogP contribution < -0.4 is 0 Å². The van der Waals surface area contributed by atoms with Crippen LogP contribution in [0.1, 0.15) is 30.1 Å². The van der Waals surface area contributed by atoms with Crippen molar-refractivity contribution in [3.63, 3.8) is 0 Å². The molecule has 0 saturated carbocycles. The number of hydrogen-bond donors (Lipinski definition) is 1. The number of hydrogen-bond acceptors (Lipinski definition) is 3. The Labute approximate surface area is 167 Å². The van der Waals surface area contributed by atoms with Gasteiger partial charge in [0.1, 0.15) is 0 Å². The maximum Gasteiger partial charge on any atom is 0.307 e. The molecule has 1 aromatic heterocycles. The number of carboxylic acid groups (broad SMARTS) is 1. The minimum atomic E-state index is -0.708. The molecule has 1 aliphatic rings. The lowest BCUT2D eigenvalue weighted by Crippen LogP contribution is -2.41. The van der Waals surface area contributed by atoms with E-state index in [2.05, 4.69) is 51.2 Å². The Hall–Kier alpha value is -2.24. The third kappa shape index (κ3) is 3.89. The lowest BCUT2D eigenvalue weighted by Gasteiger charge is -2.37. The maximum atomic E-state index is 11.6. The lowest BCUT2D eigenvalue weighted by molar-refractivity contribution is -0.143. The van der Waals surface area contributed by atoms with Crippen LogP contribution in [0.15, 0.2) is 65.1 Å². The highest BCUT2D eigenvalue weighted by molar-refractivity contribution is 9.10. The molecule has 1 saturated heterocycles. The summed E-state index contributed by atoms with van der Waals surface area (Å²) in [6.07, 6.45) is 1.63. The van der Waals surface area contributed by atoms with E-state index < -0.39 is 5.97 Å². The fourth-order valence-electron chi connectivity index (χ4n) is 3.89. The van der Waals surface area contributed by atoms with Crippen molar-refractivity contribution >= 4 is 32.8 Å². The summed E-state index contributed by atoms with van der Waals surface area (Å²) in [5.41, 5.74) is 3.05. The number of piperidine rings is 1. The second kappa shape index (κ2) is 7.79. The Kier molecular flexibility index (Phi) is 5.23. The van der Waals surface area contributed by atoms with Crippen molar-refractivity contribution in [2.75, 3.05) is 13.1 Å². The molecule has 27 heavy (non-hydrogen) atoms. The van der Waals surface area contributed by atoms with E-state index in [0.717, 1.165) is 46.0 Å². The summed E-state index contributed by atoms with van der Waals surface area (Å²) < 4.78 is 1.03. The standard InChI is InChI=1S/C22H21BrN2O2/c23-18-10-7-16(8-11-18)21(25-13-3-5-17(14-25)22(26)27)20-12-9-15-4-1-2-6-19(15)24-20/h1-2,4,6-12,17,21H,3,5,13-14H2,(H,26,27). The second-order valence-electron chi connectivity index (χ2n) is 7.06. The number of carboxylic acids is 1. The van der Waals surface area contributed by atoms with Crippen molar-refractivity contribution in [3.05, 3.63) is 76.4 Å². The Morgan fingerprint density at radius 3 is 2.67 bits per heavy atom. The minimum absolute atomic E-state index is 0.0511. The summed E-state index contributed by atoms with van der Waals surface area (Å²) >= 11 is 3.50. The Morgan fingerprint density at radius 1 is 1.11 bits per heavy atom. The molecule has 0 aliphatic carbocycles. The van der Waals surface area contributed by atoms with Gasteiger partial charge in [0, 0.05) is 16.4 Å². The fraction of sp³-hybridized carbons (Fsp3) is 0.273. The van der Waals surface area contributed by atoms with Gasteiger partial charge < -0.3 is 5.11 Å². The van der Waals surface area contributed by atoms with Crippen molar-refractivity contribution in [2.45, 2.75) is 18.9 Å². The highest BCUT2D eigenvalue weighted by Gasteiger charge is 2.32. The Bertz CT molecular complexity index is 958. The van der Waals surface area contributed by atoms with Crippen LogP contribution in [-0.4, -0.2) is 34.0 Å². The molecule has 1 fully saturated rings. The predicted molar refractivity (Wildman–Crippen MR) is 110 cm³/mol. The van der Waals surface area contributed by atoms with Gasteiger partial charge in [-0.25, -0.2) is 0 Å². The first-order valence-electron chi connectivity index (χ1n) is 9.20. The number of benzene rings is 2. The van der Waals surface area contributed by atoms with Gasteiger partial charge in [-0.15, -0.1) is 0 Å². The van der Waals surface area contributed by atoms with Crippen molar-refractivity contribution < 1.29 is 9.90 Å². The SMILES string of the molecule is O=C(O)C1CCCN(C(c2ccc(Br)cc2)c2ccc3ccccc3n2)C1. The summed E-state index contributed by atoms with van der Waals surface area (Å²) in [5.74, 6) is -1.03. The largest absolute Gasteiger partial charge is 0.481 e. The molecular weight excluding hydrogens is 404 g/mol. The number of likely N-dealkylation sites (tertiary alicyclic amines) is 1. The molecule has 0 bridgehead atoms. The average Bonchev–Trinajstić information content (AvgIpc) is 2.70. The van der Waals surface area contributed by atoms with Crippen molar-refractivity contribution in [1.29, 1.82) is 0 Å². The number of aromatic nitrogens is 1. The van der Waals surface area contributed by atoms with Crippen LogP contribution in [0.25, 0.3) is 10.9 Å². The first kappa shape index (κ1) is 18.1. The summed E-state index contributed by atoms with van der Waals surface area (Å²) in [6, 6.07) is 20.4. The molecule has 5 heteroatoms. The number of halogens is 1. The molecule has 3 aromatic rings. The van der Waals surface area contributed by atoms with Crippen LogP contribution in [0.3, 0.4) is 0 Å². The molecule has 0 radical (unpaired) electrons. The summed E-state index contributed by atoms with van der Waals surface area (Å²) in [5, 5.41) is 10.6. The van der Waals surface area contributed by atoms with Crippen molar-refractivity contribution in [2.24, 2.45) is 5.92 Å². The van der Waals surface area contributed by atoms with Crippen molar-refractivity contribution in [1.82, 2.24) is 9.88 Å². The molecule has 2 atom stereocenters. The molecule has 2 heterocycles. The van der Waals surface area contributed by atoms with Gasteiger partial charge in [-0.3, -0.25) is 14.7 Å². The molecule has 138 valence electrons. The molecule has 2 aromatic carbocycles. The van der Waals surface area contributed by atoms with Gasteiger partial charge in [0.15, 0.2) is 0 Å². The number of nitrogens with zero attached hydrogens (tertiary/aromatic N) is 2. The number of fused-ring (bicyclic) bond motifs is 1. The van der Waals surface area contributed by atoms with E-state index in [4.69, 9.17) is 4.98 Å². The molecule has 0 amide bonds. The maximum absolute atomic E-state index is 11.6. The quantitative estimate of drug-likeness (QED) is 0.647. The Morgan fingerprint density at radius 2 is 1.89 bits per heavy atom. The van der Waals surface area contributed by atoms with Crippen LogP contribution in [0, 0.1) is 5.92 Å². The smallest absolute Gasteiger partial charge is 0.307 e. The van der Waals surface area contributed by atoms with E-state index in [1.807, 2.05) is 30.3 Å².